The molecule has 3 heteroatoms. The molecule has 9 heavy (non-hydrogen) atoms. The van der Waals surface area contributed by atoms with Crippen LogP contribution in [0.5, 0.6) is 0 Å². The van der Waals surface area contributed by atoms with Crippen LogP contribution in [-0.2, 0) is 4.79 Å². The molecule has 0 aliphatic carbocycles. The number of nitrogens with two attached hydrogens (primary N) is 1. The number of amides is 1. The van der Waals surface area contributed by atoms with Crippen LogP contribution in [0.15, 0.2) is 0 Å². The first-order valence-electron chi connectivity index (χ1n) is 3.13. The molecule has 0 saturated heterocycles. The number of nitrogens with one attached hydrogen (secondary N) is 1. The first-order chi connectivity index (χ1) is 4.22. The highest BCUT2D eigenvalue weighted by atomic mass is 16.1. The third-order valence-electron chi connectivity index (χ3n) is 0.464. The van der Waals surface area contributed by atoms with Crippen LogP contribution in [0.3, 0.4) is 0 Å². The number of hydrogen-bond acceptors (Lipinski definition) is 2. The van der Waals surface area contributed by atoms with E-state index in [1.807, 2.05) is 0 Å². The van der Waals surface area contributed by atoms with Gasteiger partial charge in [0.25, 0.3) is 0 Å². The van der Waals surface area contributed by atoms with E-state index in [0.29, 0.717) is 0 Å². The lowest BCUT2D eigenvalue weighted by molar-refractivity contribution is -0.119. The molecule has 3 nitrogen and oxygen atoms in total. The molecule has 0 unspecified atom stereocenters. The van der Waals surface area contributed by atoms with Gasteiger partial charge in [0.2, 0.25) is 5.91 Å². The summed E-state index contributed by atoms with van der Waals surface area (Å²) in [5.41, 5.74) is 4.87. The summed E-state index contributed by atoms with van der Waals surface area (Å²) in [7, 11) is 1.55. The molecule has 0 radical (unpaired) electrons. The van der Waals surface area contributed by atoms with Gasteiger partial charge in [-0.05, 0) is 0 Å². The second kappa shape index (κ2) is 10.4. The predicted molar refractivity (Wildman–Crippen MR) is 39.1 cm³/mol. The van der Waals surface area contributed by atoms with Crippen molar-refractivity contribution in [1.82, 2.24) is 5.32 Å². The molecule has 0 atom stereocenters. The zero-order valence-electron chi connectivity index (χ0n) is 6.40. The van der Waals surface area contributed by atoms with Gasteiger partial charge in [0.15, 0.2) is 0 Å². The lowest BCUT2D eigenvalue weighted by Crippen LogP contribution is -2.26. The maximum atomic E-state index is 9.94. The van der Waals surface area contributed by atoms with Gasteiger partial charge >= 0.3 is 0 Å². The van der Waals surface area contributed by atoms with Crippen LogP contribution in [0.1, 0.15) is 20.3 Å². The lowest BCUT2D eigenvalue weighted by atomic mass is 10.6. The van der Waals surface area contributed by atoms with Crippen molar-refractivity contribution in [1.29, 1.82) is 0 Å². The van der Waals surface area contributed by atoms with Gasteiger partial charge in [0.05, 0.1) is 6.54 Å². The molecule has 56 valence electrons. The van der Waals surface area contributed by atoms with Crippen molar-refractivity contribution in [3.05, 3.63) is 0 Å². The number of likely N-dealkylation sites (N-methyl/N-ethyl adjacent to an activating group) is 1. The molecule has 0 bridgehead atoms. The van der Waals surface area contributed by atoms with Gasteiger partial charge in [-0.2, -0.15) is 0 Å². The average molecular weight is 132 g/mol. The van der Waals surface area contributed by atoms with Crippen molar-refractivity contribution in [2.75, 3.05) is 13.6 Å². The van der Waals surface area contributed by atoms with Crippen LogP contribution in [-0.4, -0.2) is 19.5 Å². The Kier molecular flexibility index (Phi) is 13.0. The Bertz CT molecular complexity index is 58.1. The van der Waals surface area contributed by atoms with Crippen molar-refractivity contribution in [3.8, 4) is 0 Å². The van der Waals surface area contributed by atoms with Crippen molar-refractivity contribution >= 4 is 5.91 Å². The zero-order valence-corrected chi connectivity index (χ0v) is 6.40. The fourth-order valence-corrected chi connectivity index (χ4v) is 0.102. The smallest absolute Gasteiger partial charge is 0.233 e. The normalized spacial score (nSPS) is 7.11. The van der Waals surface area contributed by atoms with Gasteiger partial charge in [-0.25, -0.2) is 0 Å². The van der Waals surface area contributed by atoms with E-state index in [4.69, 9.17) is 5.73 Å². The van der Waals surface area contributed by atoms with Gasteiger partial charge in [0.1, 0.15) is 0 Å². The number of rotatable bonds is 1. The Morgan fingerprint density at radius 3 is 1.89 bits per heavy atom. The van der Waals surface area contributed by atoms with Crippen LogP contribution in [0.25, 0.3) is 0 Å². The zero-order chi connectivity index (χ0) is 7.70. The van der Waals surface area contributed by atoms with E-state index in [-0.39, 0.29) is 12.5 Å². The molecule has 0 heterocycles. The number of carbonyl (C=O) groups excluding carboxylic acids is 1. The summed E-state index contributed by atoms with van der Waals surface area (Å²) in [5, 5.41) is 2.35. The maximum Gasteiger partial charge on any atom is 0.233 e. The van der Waals surface area contributed by atoms with Crippen LogP contribution >= 0.6 is 0 Å². The molecule has 0 fully saturated rings. The van der Waals surface area contributed by atoms with Gasteiger partial charge in [-0.1, -0.05) is 20.3 Å². The molecule has 3 N–H and O–H groups in total. The van der Waals surface area contributed by atoms with Crippen LogP contribution in [0, 0.1) is 0 Å². The van der Waals surface area contributed by atoms with Crippen LogP contribution in [0.2, 0.25) is 0 Å². The Morgan fingerprint density at radius 2 is 1.89 bits per heavy atom. The first-order valence-corrected chi connectivity index (χ1v) is 3.13. The minimum atomic E-state index is -0.130. The maximum absolute atomic E-state index is 9.94. The largest absolute Gasteiger partial charge is 0.358 e. The third-order valence-corrected chi connectivity index (χ3v) is 0.464. The highest BCUT2D eigenvalue weighted by Gasteiger charge is 1.84. The molecule has 0 rings (SSSR count). The SMILES string of the molecule is CCC.CNC(=O)CN. The standard InChI is InChI=1S/C3H8N2O.C3H8/c1-5-3(6)2-4;1-3-2/h2,4H2,1H3,(H,5,6);3H2,1-2H3. The summed E-state index contributed by atoms with van der Waals surface area (Å²) in [4.78, 5) is 9.94. The van der Waals surface area contributed by atoms with E-state index in [9.17, 15) is 4.79 Å². The second-order valence-electron chi connectivity index (χ2n) is 1.58. The van der Waals surface area contributed by atoms with E-state index in [2.05, 4.69) is 19.2 Å². The topological polar surface area (TPSA) is 55.1 Å². The van der Waals surface area contributed by atoms with Crippen molar-refractivity contribution in [3.63, 3.8) is 0 Å². The van der Waals surface area contributed by atoms with E-state index in [0.717, 1.165) is 0 Å². The Morgan fingerprint density at radius 1 is 1.56 bits per heavy atom. The molecule has 0 saturated carbocycles. The van der Waals surface area contributed by atoms with Gasteiger partial charge in [-0.3, -0.25) is 4.79 Å². The van der Waals surface area contributed by atoms with Crippen molar-refractivity contribution in [2.45, 2.75) is 20.3 Å². The van der Waals surface area contributed by atoms with E-state index in [1.54, 1.807) is 7.05 Å². The van der Waals surface area contributed by atoms with Gasteiger partial charge in [0, 0.05) is 7.05 Å². The first kappa shape index (κ1) is 11.3. The fourth-order valence-electron chi connectivity index (χ4n) is 0.102. The summed E-state index contributed by atoms with van der Waals surface area (Å²) in [6, 6.07) is 0. The van der Waals surface area contributed by atoms with Crippen LogP contribution in [0.4, 0.5) is 0 Å². The Balaban J connectivity index is 0. The third kappa shape index (κ3) is 18.6. The Hall–Kier alpha value is -0.570. The monoisotopic (exact) mass is 132 g/mol. The summed E-state index contributed by atoms with van der Waals surface area (Å²) >= 11 is 0. The molecule has 1 amide bonds. The van der Waals surface area contributed by atoms with Gasteiger partial charge in [-0.15, -0.1) is 0 Å². The van der Waals surface area contributed by atoms with E-state index >= 15 is 0 Å². The van der Waals surface area contributed by atoms with Crippen molar-refractivity contribution < 1.29 is 4.79 Å². The highest BCUT2D eigenvalue weighted by Crippen LogP contribution is 1.56. The Labute approximate surface area is 56.6 Å². The molecular formula is C6H16N2O. The molecule has 0 aliphatic heterocycles. The van der Waals surface area contributed by atoms with Crippen molar-refractivity contribution in [2.24, 2.45) is 5.73 Å². The fraction of sp³-hybridized carbons (Fsp3) is 0.833. The van der Waals surface area contributed by atoms with Crippen LogP contribution < -0.4 is 11.1 Å². The highest BCUT2D eigenvalue weighted by molar-refractivity contribution is 5.77. The summed E-state index contributed by atoms with van der Waals surface area (Å²) < 4.78 is 0. The summed E-state index contributed by atoms with van der Waals surface area (Å²) in [6.45, 7) is 4.33. The second-order valence-corrected chi connectivity index (χ2v) is 1.58. The molecule has 0 aliphatic rings. The average Bonchev–Trinajstić information content (AvgIpc) is 1.88. The molecular weight excluding hydrogens is 116 g/mol. The summed E-state index contributed by atoms with van der Waals surface area (Å²) in [5.74, 6) is -0.130. The molecule has 0 aromatic rings. The number of hydrogen-bond donors (Lipinski definition) is 2. The quantitative estimate of drug-likeness (QED) is 0.532. The van der Waals surface area contributed by atoms with Gasteiger partial charge < -0.3 is 11.1 Å². The summed E-state index contributed by atoms with van der Waals surface area (Å²) in [6.07, 6.45) is 1.25. The molecule has 0 aromatic heterocycles. The predicted octanol–water partition coefficient (Wildman–Crippen LogP) is 0.107. The molecule has 0 spiro atoms. The minimum Gasteiger partial charge on any atom is -0.358 e. The molecule has 0 aromatic carbocycles. The van der Waals surface area contributed by atoms with E-state index < -0.39 is 0 Å². The van der Waals surface area contributed by atoms with E-state index in [1.165, 1.54) is 6.42 Å². The lowest BCUT2D eigenvalue weighted by Gasteiger charge is -1.87. The minimum absolute atomic E-state index is 0.0799. The number of carbonyl (C=O) groups is 1.